The van der Waals surface area contributed by atoms with Crippen molar-refractivity contribution in [1.29, 1.82) is 0 Å². The number of halogens is 1. The maximum atomic E-state index is 14.0. The molecule has 2 heterocycles. The van der Waals surface area contributed by atoms with Crippen molar-refractivity contribution < 1.29 is 9.18 Å². The van der Waals surface area contributed by atoms with Crippen molar-refractivity contribution >= 4 is 11.6 Å². The van der Waals surface area contributed by atoms with Gasteiger partial charge in [0.25, 0.3) is 5.91 Å². The van der Waals surface area contributed by atoms with Crippen molar-refractivity contribution in [3.63, 3.8) is 0 Å². The number of carbonyl (C=O) groups is 1. The lowest BCUT2D eigenvalue weighted by Gasteiger charge is -2.29. The zero-order valence-electron chi connectivity index (χ0n) is 10.7. The fourth-order valence-electron chi connectivity index (χ4n) is 2.18. The van der Waals surface area contributed by atoms with E-state index in [4.69, 9.17) is 0 Å². The van der Waals surface area contributed by atoms with Gasteiger partial charge >= 0.3 is 0 Å². The Morgan fingerprint density at radius 2 is 2.11 bits per heavy atom. The number of hydrogen-bond donors (Lipinski definition) is 2. The zero-order valence-corrected chi connectivity index (χ0v) is 10.7. The molecule has 1 aliphatic heterocycles. The lowest BCUT2D eigenvalue weighted by molar-refractivity contribution is 0.0945. The van der Waals surface area contributed by atoms with Crippen molar-refractivity contribution in [1.82, 2.24) is 15.6 Å². The van der Waals surface area contributed by atoms with Crippen LogP contribution in [0.15, 0.2) is 12.1 Å². The molecule has 1 saturated heterocycles. The van der Waals surface area contributed by atoms with E-state index in [1.54, 1.807) is 12.1 Å². The van der Waals surface area contributed by atoms with Crippen LogP contribution in [-0.2, 0) is 0 Å². The first-order chi connectivity index (χ1) is 9.24. The van der Waals surface area contributed by atoms with Gasteiger partial charge in [0.05, 0.1) is 5.69 Å². The number of pyridine rings is 1. The number of hydrogen-bond acceptors (Lipinski definition) is 4. The minimum atomic E-state index is -0.564. The molecular formula is C13H17FN4O. The summed E-state index contributed by atoms with van der Waals surface area (Å²) in [6, 6.07) is 3.50. The molecule has 0 unspecified atom stereocenters. The van der Waals surface area contributed by atoms with Gasteiger partial charge in [-0.25, -0.2) is 4.98 Å². The summed E-state index contributed by atoms with van der Waals surface area (Å²) in [5.41, 5.74) is 0.632. The van der Waals surface area contributed by atoms with Gasteiger partial charge in [-0.3, -0.25) is 4.79 Å². The maximum Gasteiger partial charge on any atom is 0.270 e. The summed E-state index contributed by atoms with van der Waals surface area (Å²) < 4.78 is 14.0. The highest BCUT2D eigenvalue weighted by molar-refractivity contribution is 5.92. The van der Waals surface area contributed by atoms with E-state index in [0.717, 1.165) is 39.0 Å². The molecule has 1 aromatic heterocycles. The Morgan fingerprint density at radius 1 is 1.37 bits per heavy atom. The van der Waals surface area contributed by atoms with Crippen LogP contribution in [-0.4, -0.2) is 43.1 Å². The van der Waals surface area contributed by atoms with Gasteiger partial charge < -0.3 is 15.5 Å². The number of carbonyl (C=O) groups excluding carboxylic acids is 1. The van der Waals surface area contributed by atoms with Crippen molar-refractivity contribution in [2.24, 2.45) is 0 Å². The monoisotopic (exact) mass is 264 g/mol. The molecule has 0 bridgehead atoms. The van der Waals surface area contributed by atoms with Crippen LogP contribution in [0.25, 0.3) is 0 Å². The van der Waals surface area contributed by atoms with E-state index < -0.39 is 5.95 Å². The van der Waals surface area contributed by atoms with Gasteiger partial charge in [0.15, 0.2) is 0 Å². The Balaban J connectivity index is 1.74. The third-order valence-corrected chi connectivity index (χ3v) is 3.43. The fraction of sp³-hybridized carbons (Fsp3) is 0.538. The lowest BCUT2D eigenvalue weighted by atomic mass is 10.2. The highest BCUT2D eigenvalue weighted by Crippen LogP contribution is 2.21. The third-order valence-electron chi connectivity index (χ3n) is 3.43. The molecular weight excluding hydrogens is 247 g/mol. The molecule has 102 valence electrons. The van der Waals surface area contributed by atoms with E-state index >= 15 is 0 Å². The zero-order chi connectivity index (χ0) is 13.2. The summed E-state index contributed by atoms with van der Waals surface area (Å²) in [4.78, 5) is 17.5. The Morgan fingerprint density at radius 3 is 2.74 bits per heavy atom. The Labute approximate surface area is 111 Å². The minimum Gasteiger partial charge on any atom is -0.365 e. The van der Waals surface area contributed by atoms with Gasteiger partial charge in [-0.1, -0.05) is 0 Å². The van der Waals surface area contributed by atoms with Crippen molar-refractivity contribution in [2.45, 2.75) is 18.9 Å². The number of piperazine rings is 1. The van der Waals surface area contributed by atoms with Crippen LogP contribution in [0.1, 0.15) is 23.3 Å². The van der Waals surface area contributed by atoms with Crippen LogP contribution in [0.4, 0.5) is 10.1 Å². The quantitative estimate of drug-likeness (QED) is 0.782. The van der Waals surface area contributed by atoms with Crippen LogP contribution in [0.5, 0.6) is 0 Å². The van der Waals surface area contributed by atoms with Gasteiger partial charge in [0, 0.05) is 32.2 Å². The molecule has 0 aromatic carbocycles. The van der Waals surface area contributed by atoms with E-state index in [1.165, 1.54) is 0 Å². The summed E-state index contributed by atoms with van der Waals surface area (Å²) in [6.45, 7) is 3.19. The first-order valence-electron chi connectivity index (χ1n) is 6.67. The lowest BCUT2D eigenvalue weighted by Crippen LogP contribution is -2.44. The standard InChI is InChI=1S/C13H17FN4O/c14-12-11(18-7-5-15-6-8-18)4-3-10(17-12)13(19)16-9-1-2-9/h3-4,9,15H,1-2,5-8H2,(H,16,19). The third kappa shape index (κ3) is 2.84. The predicted octanol–water partition coefficient (Wildman–Crippen LogP) is 0.522. The highest BCUT2D eigenvalue weighted by Gasteiger charge is 2.25. The van der Waals surface area contributed by atoms with Crippen LogP contribution >= 0.6 is 0 Å². The molecule has 1 aliphatic carbocycles. The van der Waals surface area contributed by atoms with Crippen LogP contribution in [0.3, 0.4) is 0 Å². The molecule has 3 rings (SSSR count). The first kappa shape index (κ1) is 12.3. The second-order valence-electron chi connectivity index (χ2n) is 4.99. The second kappa shape index (κ2) is 5.13. The normalized spacial score (nSPS) is 19.3. The second-order valence-corrected chi connectivity index (χ2v) is 4.99. The first-order valence-corrected chi connectivity index (χ1v) is 6.67. The number of amides is 1. The van der Waals surface area contributed by atoms with Gasteiger partial charge in [0.2, 0.25) is 5.95 Å². The van der Waals surface area contributed by atoms with Gasteiger partial charge in [-0.2, -0.15) is 4.39 Å². The van der Waals surface area contributed by atoms with Crippen LogP contribution in [0, 0.1) is 5.95 Å². The topological polar surface area (TPSA) is 57.3 Å². The minimum absolute atomic E-state index is 0.156. The molecule has 0 atom stereocenters. The molecule has 2 fully saturated rings. The average molecular weight is 264 g/mol. The average Bonchev–Trinajstić information content (AvgIpc) is 3.23. The fourth-order valence-corrected chi connectivity index (χ4v) is 2.18. The van der Waals surface area contributed by atoms with Gasteiger partial charge in [-0.15, -0.1) is 0 Å². The summed E-state index contributed by atoms with van der Waals surface area (Å²) in [5.74, 6) is -0.849. The Kier molecular flexibility index (Phi) is 3.33. The molecule has 5 nitrogen and oxygen atoms in total. The van der Waals surface area contributed by atoms with E-state index in [-0.39, 0.29) is 17.6 Å². The smallest absolute Gasteiger partial charge is 0.270 e. The molecule has 2 N–H and O–H groups in total. The van der Waals surface area contributed by atoms with E-state index in [1.807, 2.05) is 4.90 Å². The van der Waals surface area contributed by atoms with Gasteiger partial charge in [-0.05, 0) is 25.0 Å². The number of nitrogens with one attached hydrogen (secondary N) is 2. The highest BCUT2D eigenvalue weighted by atomic mass is 19.1. The molecule has 2 aliphatic rings. The van der Waals surface area contributed by atoms with E-state index in [9.17, 15) is 9.18 Å². The van der Waals surface area contributed by atoms with Crippen LogP contribution in [0.2, 0.25) is 0 Å². The Bertz CT molecular complexity index is 484. The maximum absolute atomic E-state index is 14.0. The van der Waals surface area contributed by atoms with Crippen molar-refractivity contribution in [3.05, 3.63) is 23.8 Å². The van der Waals surface area contributed by atoms with Gasteiger partial charge in [0.1, 0.15) is 5.69 Å². The largest absolute Gasteiger partial charge is 0.365 e. The molecule has 1 saturated carbocycles. The SMILES string of the molecule is O=C(NC1CC1)c1ccc(N2CCNCC2)c(F)n1. The summed E-state index contributed by atoms with van der Waals surface area (Å²) >= 11 is 0. The predicted molar refractivity (Wildman–Crippen MR) is 69.8 cm³/mol. The number of aromatic nitrogens is 1. The molecule has 0 radical (unpaired) electrons. The van der Waals surface area contributed by atoms with E-state index in [0.29, 0.717) is 5.69 Å². The molecule has 1 amide bonds. The number of anilines is 1. The molecule has 19 heavy (non-hydrogen) atoms. The molecule has 6 heteroatoms. The number of rotatable bonds is 3. The molecule has 1 aromatic rings. The van der Waals surface area contributed by atoms with Crippen molar-refractivity contribution in [2.75, 3.05) is 31.1 Å². The Hall–Kier alpha value is -1.69. The summed E-state index contributed by atoms with van der Waals surface area (Å²) in [6.07, 6.45) is 2.01. The number of nitrogens with zero attached hydrogens (tertiary/aromatic N) is 2. The van der Waals surface area contributed by atoms with Crippen molar-refractivity contribution in [3.8, 4) is 0 Å². The summed E-state index contributed by atoms with van der Waals surface area (Å²) in [5, 5.41) is 6.02. The summed E-state index contributed by atoms with van der Waals surface area (Å²) in [7, 11) is 0. The molecule has 0 spiro atoms. The van der Waals surface area contributed by atoms with E-state index in [2.05, 4.69) is 15.6 Å². The van der Waals surface area contributed by atoms with Crippen LogP contribution < -0.4 is 15.5 Å².